The van der Waals surface area contributed by atoms with E-state index in [0.717, 1.165) is 32.5 Å². The summed E-state index contributed by atoms with van der Waals surface area (Å²) in [7, 11) is 0. The van der Waals surface area contributed by atoms with Gasteiger partial charge in [0, 0.05) is 18.6 Å². The molecule has 4 atom stereocenters. The number of ether oxygens (including phenoxy) is 3. The highest BCUT2D eigenvalue weighted by atomic mass is 19.1. The number of rotatable bonds is 4. The molecule has 3 rings (SSSR count). The van der Waals surface area contributed by atoms with Crippen molar-refractivity contribution in [1.82, 2.24) is 0 Å². The second-order valence-corrected chi connectivity index (χ2v) is 7.07. The van der Waals surface area contributed by atoms with Crippen molar-refractivity contribution >= 4 is 0 Å². The van der Waals surface area contributed by atoms with E-state index in [1.165, 1.54) is 12.5 Å². The Morgan fingerprint density at radius 2 is 2.00 bits per heavy atom. The minimum absolute atomic E-state index is 0.0955. The predicted octanol–water partition coefficient (Wildman–Crippen LogP) is 4.12. The van der Waals surface area contributed by atoms with Gasteiger partial charge in [0.25, 0.3) is 0 Å². The van der Waals surface area contributed by atoms with E-state index < -0.39 is 0 Å². The van der Waals surface area contributed by atoms with Crippen LogP contribution in [0.25, 0.3) is 0 Å². The van der Waals surface area contributed by atoms with Crippen molar-refractivity contribution in [2.75, 3.05) is 19.8 Å². The molecule has 2 saturated heterocycles. The van der Waals surface area contributed by atoms with E-state index in [-0.39, 0.29) is 11.9 Å². The van der Waals surface area contributed by atoms with Gasteiger partial charge in [0.2, 0.25) is 0 Å². The first-order chi connectivity index (χ1) is 11.1. The van der Waals surface area contributed by atoms with Crippen molar-refractivity contribution in [2.24, 2.45) is 11.8 Å². The molecule has 1 aromatic rings. The van der Waals surface area contributed by atoms with Gasteiger partial charge in [-0.05, 0) is 50.2 Å². The minimum Gasteiger partial charge on any atom is -0.491 e. The summed E-state index contributed by atoms with van der Waals surface area (Å²) in [5.41, 5.74) is 0.635. The fraction of sp³-hybridized carbons (Fsp3) is 0.684. The Labute approximate surface area is 138 Å². The fourth-order valence-corrected chi connectivity index (χ4v) is 3.38. The number of hydrogen-bond donors (Lipinski definition) is 0. The Hall–Kier alpha value is -1.13. The molecule has 0 N–H and O–H groups in total. The van der Waals surface area contributed by atoms with E-state index >= 15 is 0 Å². The van der Waals surface area contributed by atoms with Crippen LogP contribution in [0.15, 0.2) is 18.2 Å². The molecule has 0 amide bonds. The zero-order valence-electron chi connectivity index (χ0n) is 14.1. The highest BCUT2D eigenvalue weighted by Crippen LogP contribution is 2.30. The molecule has 23 heavy (non-hydrogen) atoms. The molecule has 0 radical (unpaired) electrons. The summed E-state index contributed by atoms with van der Waals surface area (Å²) in [6.45, 7) is 6.10. The largest absolute Gasteiger partial charge is 0.491 e. The molecule has 2 aliphatic heterocycles. The van der Waals surface area contributed by atoms with Gasteiger partial charge >= 0.3 is 0 Å². The first-order valence-electron chi connectivity index (χ1n) is 8.74. The van der Waals surface area contributed by atoms with E-state index in [1.54, 1.807) is 19.1 Å². The lowest BCUT2D eigenvalue weighted by Gasteiger charge is -2.37. The maximum absolute atomic E-state index is 13.5. The Bertz CT molecular complexity index is 503. The molecule has 2 heterocycles. The lowest BCUT2D eigenvalue weighted by molar-refractivity contribution is -0.107. The lowest BCUT2D eigenvalue weighted by atomic mass is 9.87. The smallest absolute Gasteiger partial charge is 0.129 e. The van der Waals surface area contributed by atoms with Gasteiger partial charge in [-0.1, -0.05) is 13.0 Å². The van der Waals surface area contributed by atoms with Gasteiger partial charge in [-0.2, -0.15) is 0 Å². The molecule has 3 nitrogen and oxygen atoms in total. The molecule has 4 unspecified atom stereocenters. The van der Waals surface area contributed by atoms with Gasteiger partial charge in [-0.25, -0.2) is 4.39 Å². The van der Waals surface area contributed by atoms with Crippen molar-refractivity contribution < 1.29 is 18.6 Å². The van der Waals surface area contributed by atoms with Crippen LogP contribution in [0.1, 0.15) is 38.2 Å². The van der Waals surface area contributed by atoms with E-state index in [2.05, 4.69) is 6.92 Å². The van der Waals surface area contributed by atoms with Crippen molar-refractivity contribution in [1.29, 1.82) is 0 Å². The molecule has 0 bridgehead atoms. The quantitative estimate of drug-likeness (QED) is 0.834. The second-order valence-electron chi connectivity index (χ2n) is 7.07. The molecule has 0 spiro atoms. The fourth-order valence-electron chi connectivity index (χ4n) is 3.38. The third-order valence-corrected chi connectivity index (χ3v) is 5.05. The van der Waals surface area contributed by atoms with Gasteiger partial charge in [-0.3, -0.25) is 0 Å². The third kappa shape index (κ3) is 4.45. The summed E-state index contributed by atoms with van der Waals surface area (Å²) in [6.07, 6.45) is 4.97. The SMILES string of the molecule is Cc1ccc(OCC2CCC(C3CCC(C)CO3)CO2)cc1F. The number of hydrogen-bond acceptors (Lipinski definition) is 3. The number of benzene rings is 1. The maximum Gasteiger partial charge on any atom is 0.129 e. The highest BCUT2D eigenvalue weighted by Gasteiger charge is 2.31. The highest BCUT2D eigenvalue weighted by molar-refractivity contribution is 5.27. The van der Waals surface area contributed by atoms with Crippen molar-refractivity contribution in [3.8, 4) is 5.75 Å². The van der Waals surface area contributed by atoms with Crippen LogP contribution in [0.2, 0.25) is 0 Å². The molecule has 1 aromatic carbocycles. The van der Waals surface area contributed by atoms with Crippen molar-refractivity contribution in [2.45, 2.75) is 51.7 Å². The molecule has 128 valence electrons. The standard InChI is InChI=1S/C19H27FO3/c1-13-3-8-19(23-10-13)15-5-7-17(21-11-15)12-22-16-6-4-14(2)18(20)9-16/h4,6,9,13,15,17,19H,3,5,7-8,10-12H2,1-2H3. The predicted molar refractivity (Wildman–Crippen MR) is 87.2 cm³/mol. The van der Waals surface area contributed by atoms with Crippen LogP contribution in [-0.4, -0.2) is 32.0 Å². The zero-order chi connectivity index (χ0) is 16.2. The van der Waals surface area contributed by atoms with Crippen LogP contribution in [-0.2, 0) is 9.47 Å². The molecule has 0 saturated carbocycles. The van der Waals surface area contributed by atoms with Crippen LogP contribution in [0.4, 0.5) is 4.39 Å². The van der Waals surface area contributed by atoms with Crippen LogP contribution in [0.5, 0.6) is 5.75 Å². The Morgan fingerprint density at radius 1 is 1.13 bits per heavy atom. The molecule has 4 heteroatoms. The zero-order valence-corrected chi connectivity index (χ0v) is 14.1. The van der Waals surface area contributed by atoms with E-state index in [9.17, 15) is 4.39 Å². The van der Waals surface area contributed by atoms with Crippen molar-refractivity contribution in [3.63, 3.8) is 0 Å². The number of aryl methyl sites for hydroxylation is 1. The molecule has 0 aromatic heterocycles. The molecule has 2 aliphatic rings. The van der Waals surface area contributed by atoms with Crippen LogP contribution < -0.4 is 4.74 Å². The maximum atomic E-state index is 13.5. The monoisotopic (exact) mass is 322 g/mol. The minimum atomic E-state index is -0.226. The summed E-state index contributed by atoms with van der Waals surface area (Å²) in [5.74, 6) is 1.54. The second kappa shape index (κ2) is 7.63. The van der Waals surface area contributed by atoms with Gasteiger partial charge in [0.1, 0.15) is 18.2 Å². The molecule has 0 aliphatic carbocycles. The number of halogens is 1. The van der Waals surface area contributed by atoms with E-state index in [1.807, 2.05) is 0 Å². The summed E-state index contributed by atoms with van der Waals surface area (Å²) < 4.78 is 31.1. The normalized spacial score (nSPS) is 31.8. The Balaban J connectivity index is 1.41. The van der Waals surface area contributed by atoms with E-state index in [0.29, 0.717) is 35.9 Å². The van der Waals surface area contributed by atoms with Gasteiger partial charge < -0.3 is 14.2 Å². The Kier molecular flexibility index (Phi) is 5.54. The summed E-state index contributed by atoms with van der Waals surface area (Å²) in [4.78, 5) is 0. The molecule has 2 fully saturated rings. The summed E-state index contributed by atoms with van der Waals surface area (Å²) in [5, 5.41) is 0. The first-order valence-corrected chi connectivity index (χ1v) is 8.74. The van der Waals surface area contributed by atoms with Crippen LogP contribution in [0, 0.1) is 24.6 Å². The average molecular weight is 322 g/mol. The third-order valence-electron chi connectivity index (χ3n) is 5.05. The van der Waals surface area contributed by atoms with Crippen LogP contribution >= 0.6 is 0 Å². The van der Waals surface area contributed by atoms with Crippen LogP contribution in [0.3, 0.4) is 0 Å². The van der Waals surface area contributed by atoms with Crippen molar-refractivity contribution in [3.05, 3.63) is 29.6 Å². The molecular formula is C19H27FO3. The first kappa shape index (κ1) is 16.7. The average Bonchev–Trinajstić information content (AvgIpc) is 2.57. The van der Waals surface area contributed by atoms with Gasteiger partial charge in [0.15, 0.2) is 0 Å². The Morgan fingerprint density at radius 3 is 2.65 bits per heavy atom. The summed E-state index contributed by atoms with van der Waals surface area (Å²) >= 11 is 0. The van der Waals surface area contributed by atoms with Gasteiger partial charge in [-0.15, -0.1) is 0 Å². The topological polar surface area (TPSA) is 27.7 Å². The lowest BCUT2D eigenvalue weighted by Crippen LogP contribution is -2.39. The van der Waals surface area contributed by atoms with Gasteiger partial charge in [0.05, 0.1) is 18.8 Å². The summed E-state index contributed by atoms with van der Waals surface area (Å²) in [6, 6.07) is 4.99. The van der Waals surface area contributed by atoms with E-state index in [4.69, 9.17) is 14.2 Å². The molecular weight excluding hydrogens is 295 g/mol.